The Labute approximate surface area is 168 Å². The number of halogens is 1. The van der Waals surface area contributed by atoms with Crippen LogP contribution in [0.1, 0.15) is 24.6 Å². The first kappa shape index (κ1) is 19.5. The van der Waals surface area contributed by atoms with Crippen LogP contribution in [0.2, 0.25) is 0 Å². The lowest BCUT2D eigenvalue weighted by Gasteiger charge is -2.31. The molecule has 1 aliphatic rings. The maximum atomic E-state index is 13.5. The van der Waals surface area contributed by atoms with Gasteiger partial charge >= 0.3 is 0 Å². The summed E-state index contributed by atoms with van der Waals surface area (Å²) in [4.78, 5) is 18.4. The van der Waals surface area contributed by atoms with Gasteiger partial charge in [-0.3, -0.25) is 4.79 Å². The van der Waals surface area contributed by atoms with Crippen molar-refractivity contribution in [3.05, 3.63) is 54.2 Å². The second kappa shape index (κ2) is 7.55. The van der Waals surface area contributed by atoms with Crippen LogP contribution in [-0.2, 0) is 14.6 Å². The predicted molar refractivity (Wildman–Crippen MR) is 107 cm³/mol. The number of likely N-dealkylation sites (tertiary alicyclic amines) is 1. The van der Waals surface area contributed by atoms with Gasteiger partial charge in [0, 0.05) is 37.0 Å². The molecule has 0 radical (unpaired) electrons. The molecule has 29 heavy (non-hydrogen) atoms. The Kier molecular flexibility index (Phi) is 5.08. The van der Waals surface area contributed by atoms with E-state index in [0.29, 0.717) is 24.6 Å². The highest BCUT2D eigenvalue weighted by Crippen LogP contribution is 2.26. The average Bonchev–Trinajstić information content (AvgIpc) is 3.10. The largest absolute Gasteiger partial charge is 0.341 e. The summed E-state index contributed by atoms with van der Waals surface area (Å²) in [6, 6.07) is 10.0. The van der Waals surface area contributed by atoms with Gasteiger partial charge in [-0.15, -0.1) is 0 Å². The third-order valence-electron chi connectivity index (χ3n) is 5.03. The monoisotopic (exact) mass is 416 g/mol. The van der Waals surface area contributed by atoms with Crippen molar-refractivity contribution in [3.8, 4) is 11.1 Å². The molecule has 4 rings (SSSR count). The van der Waals surface area contributed by atoms with E-state index in [2.05, 4.69) is 10.1 Å². The maximum absolute atomic E-state index is 13.5. The van der Waals surface area contributed by atoms with Crippen LogP contribution in [0.25, 0.3) is 16.8 Å². The Morgan fingerprint density at radius 1 is 1.24 bits per heavy atom. The van der Waals surface area contributed by atoms with Crippen molar-refractivity contribution >= 4 is 21.4 Å². The smallest absolute Gasteiger partial charge is 0.237 e. The molecule has 9 heteroatoms. The third kappa shape index (κ3) is 4.45. The zero-order valence-electron chi connectivity index (χ0n) is 16.0. The summed E-state index contributed by atoms with van der Waals surface area (Å²) in [5.74, 6) is -0.588. The summed E-state index contributed by atoms with van der Waals surface area (Å²) in [6.45, 7) is 0.948. The molecule has 0 saturated carbocycles. The van der Waals surface area contributed by atoms with Gasteiger partial charge in [0.1, 0.15) is 11.6 Å². The predicted octanol–water partition coefficient (Wildman–Crippen LogP) is 2.29. The number of nitrogens with zero attached hydrogens (tertiary/aromatic N) is 4. The molecule has 7 nitrogen and oxygen atoms in total. The van der Waals surface area contributed by atoms with Crippen molar-refractivity contribution in [1.29, 1.82) is 0 Å². The molecule has 2 aromatic heterocycles. The quantitative estimate of drug-likeness (QED) is 0.652. The molecule has 0 spiro atoms. The first-order chi connectivity index (χ1) is 13.8. The van der Waals surface area contributed by atoms with Gasteiger partial charge in [0.05, 0.1) is 0 Å². The minimum Gasteiger partial charge on any atom is -0.341 e. The normalized spacial score (nSPS) is 17.6. The number of sulfone groups is 1. The second-order valence-electron chi connectivity index (χ2n) is 7.45. The highest BCUT2D eigenvalue weighted by atomic mass is 32.2. The van der Waals surface area contributed by atoms with Gasteiger partial charge in [-0.2, -0.15) is 5.10 Å². The fourth-order valence-electron chi connectivity index (χ4n) is 3.64. The van der Waals surface area contributed by atoms with Crippen LogP contribution in [0.5, 0.6) is 0 Å². The summed E-state index contributed by atoms with van der Waals surface area (Å²) >= 11 is 0. The number of fused-ring (bicyclic) bond motifs is 1. The number of rotatable bonds is 4. The lowest BCUT2D eigenvalue weighted by molar-refractivity contribution is -0.129. The Hall–Kier alpha value is -2.81. The standard InChI is InChI=1S/C20H21FN4O3S/c1-29(27,28)13-19(26)24-9-3-5-16(11-24)20-22-18-8-7-15(12-25(18)23-20)14-4-2-6-17(21)10-14/h2,4,6-8,10,12,16H,3,5,9,11,13H2,1H3. The van der Waals surface area contributed by atoms with Gasteiger partial charge in [-0.05, 0) is 42.7 Å². The topological polar surface area (TPSA) is 84.6 Å². The number of aromatic nitrogens is 3. The zero-order chi connectivity index (χ0) is 20.6. The summed E-state index contributed by atoms with van der Waals surface area (Å²) in [5, 5.41) is 4.57. The molecule has 0 N–H and O–H groups in total. The van der Waals surface area contributed by atoms with Gasteiger partial charge in [0.2, 0.25) is 5.91 Å². The maximum Gasteiger partial charge on any atom is 0.237 e. The van der Waals surface area contributed by atoms with Gasteiger partial charge in [0.15, 0.2) is 21.3 Å². The number of carbonyl (C=O) groups is 1. The van der Waals surface area contributed by atoms with Crippen LogP contribution in [0.4, 0.5) is 4.39 Å². The van der Waals surface area contributed by atoms with Crippen LogP contribution in [0.3, 0.4) is 0 Å². The molecule has 1 aliphatic heterocycles. The number of carbonyl (C=O) groups excluding carboxylic acids is 1. The van der Waals surface area contributed by atoms with Gasteiger partial charge in [-0.25, -0.2) is 22.3 Å². The van der Waals surface area contributed by atoms with Crippen molar-refractivity contribution in [2.24, 2.45) is 0 Å². The van der Waals surface area contributed by atoms with Crippen molar-refractivity contribution in [1.82, 2.24) is 19.5 Å². The van der Waals surface area contributed by atoms with Gasteiger partial charge in [0.25, 0.3) is 0 Å². The molecule has 0 bridgehead atoms. The SMILES string of the molecule is CS(=O)(=O)CC(=O)N1CCCC(c2nc3ccc(-c4cccc(F)c4)cn3n2)C1. The molecule has 1 aromatic carbocycles. The average molecular weight is 416 g/mol. The number of hydrogen-bond acceptors (Lipinski definition) is 5. The van der Waals surface area contributed by atoms with E-state index in [4.69, 9.17) is 0 Å². The summed E-state index contributed by atoms with van der Waals surface area (Å²) < 4.78 is 38.0. The Morgan fingerprint density at radius 3 is 2.83 bits per heavy atom. The second-order valence-corrected chi connectivity index (χ2v) is 9.59. The number of benzene rings is 1. The van der Waals surface area contributed by atoms with E-state index in [1.54, 1.807) is 21.7 Å². The Balaban J connectivity index is 1.57. The molecular weight excluding hydrogens is 395 g/mol. The molecule has 1 saturated heterocycles. The van der Waals surface area contributed by atoms with Crippen LogP contribution in [0.15, 0.2) is 42.6 Å². The third-order valence-corrected chi connectivity index (χ3v) is 5.80. The summed E-state index contributed by atoms with van der Waals surface area (Å²) in [6.07, 6.45) is 4.46. The minimum atomic E-state index is -3.36. The van der Waals surface area contributed by atoms with Gasteiger partial charge < -0.3 is 4.90 Å². The van der Waals surface area contributed by atoms with E-state index in [1.807, 2.05) is 18.2 Å². The first-order valence-electron chi connectivity index (χ1n) is 9.36. The number of amides is 1. The van der Waals surface area contributed by atoms with Crippen LogP contribution < -0.4 is 0 Å². The molecule has 0 aliphatic carbocycles. The molecule has 3 aromatic rings. The molecule has 1 fully saturated rings. The summed E-state index contributed by atoms with van der Waals surface area (Å²) in [7, 11) is -3.36. The van der Waals surface area contributed by atoms with Crippen molar-refractivity contribution in [3.63, 3.8) is 0 Å². The number of hydrogen-bond donors (Lipinski definition) is 0. The fraction of sp³-hybridized carbons (Fsp3) is 0.350. The van der Waals surface area contributed by atoms with E-state index < -0.39 is 15.6 Å². The number of piperidine rings is 1. The van der Waals surface area contributed by atoms with Crippen molar-refractivity contribution < 1.29 is 17.6 Å². The highest BCUT2D eigenvalue weighted by Gasteiger charge is 2.28. The molecule has 152 valence electrons. The molecule has 1 amide bonds. The van der Waals surface area contributed by atoms with E-state index in [1.165, 1.54) is 12.1 Å². The van der Waals surface area contributed by atoms with Crippen LogP contribution >= 0.6 is 0 Å². The van der Waals surface area contributed by atoms with Crippen molar-refractivity contribution in [2.75, 3.05) is 25.1 Å². The molecular formula is C20H21FN4O3S. The fourth-order valence-corrected chi connectivity index (χ4v) is 4.27. The highest BCUT2D eigenvalue weighted by molar-refractivity contribution is 7.91. The van der Waals surface area contributed by atoms with E-state index in [-0.39, 0.29) is 17.6 Å². The zero-order valence-corrected chi connectivity index (χ0v) is 16.8. The molecule has 1 atom stereocenters. The van der Waals surface area contributed by atoms with E-state index in [0.717, 1.165) is 30.2 Å². The Morgan fingerprint density at radius 2 is 2.07 bits per heavy atom. The van der Waals surface area contributed by atoms with Gasteiger partial charge in [-0.1, -0.05) is 12.1 Å². The Bertz CT molecular complexity index is 1180. The number of pyridine rings is 1. The summed E-state index contributed by atoms with van der Waals surface area (Å²) in [5.41, 5.74) is 2.24. The van der Waals surface area contributed by atoms with Crippen LogP contribution in [-0.4, -0.2) is 58.9 Å². The van der Waals surface area contributed by atoms with Crippen molar-refractivity contribution in [2.45, 2.75) is 18.8 Å². The lowest BCUT2D eigenvalue weighted by Crippen LogP contribution is -2.42. The minimum absolute atomic E-state index is 0.0511. The first-order valence-corrected chi connectivity index (χ1v) is 11.4. The van der Waals surface area contributed by atoms with E-state index >= 15 is 0 Å². The van der Waals surface area contributed by atoms with E-state index in [9.17, 15) is 17.6 Å². The molecule has 3 heterocycles. The van der Waals surface area contributed by atoms with Crippen LogP contribution in [0, 0.1) is 5.82 Å². The lowest BCUT2D eigenvalue weighted by atomic mass is 9.97. The molecule has 1 unspecified atom stereocenters.